The second-order valence-corrected chi connectivity index (χ2v) is 4.90. The zero-order valence-electron chi connectivity index (χ0n) is 10.0. The molecule has 2 saturated heterocycles. The first-order valence-corrected chi connectivity index (χ1v) is 6.57. The van der Waals surface area contributed by atoms with Gasteiger partial charge in [-0.2, -0.15) is 0 Å². The van der Waals surface area contributed by atoms with Crippen LogP contribution < -0.4 is 10.6 Å². The fourth-order valence-corrected chi connectivity index (χ4v) is 2.57. The average molecular weight is 225 g/mol. The van der Waals surface area contributed by atoms with Crippen LogP contribution in [0, 0.1) is 0 Å². The van der Waals surface area contributed by atoms with E-state index in [4.69, 9.17) is 0 Å². The highest BCUT2D eigenvalue weighted by Crippen LogP contribution is 2.10. The molecular formula is C12H23N3O. The fourth-order valence-electron chi connectivity index (χ4n) is 2.57. The Kier molecular flexibility index (Phi) is 4.60. The van der Waals surface area contributed by atoms with Gasteiger partial charge in [0, 0.05) is 25.6 Å². The Hall–Kier alpha value is -0.610. The van der Waals surface area contributed by atoms with Gasteiger partial charge in [0.15, 0.2) is 0 Å². The van der Waals surface area contributed by atoms with Crippen LogP contribution in [-0.2, 0) is 4.79 Å². The maximum absolute atomic E-state index is 11.4. The van der Waals surface area contributed by atoms with Gasteiger partial charge < -0.3 is 15.5 Å². The summed E-state index contributed by atoms with van der Waals surface area (Å²) in [5, 5.41) is 6.34. The Labute approximate surface area is 97.8 Å². The van der Waals surface area contributed by atoms with Crippen LogP contribution in [0.4, 0.5) is 0 Å². The van der Waals surface area contributed by atoms with Crippen LogP contribution in [0.3, 0.4) is 0 Å². The maximum atomic E-state index is 11.4. The van der Waals surface area contributed by atoms with Gasteiger partial charge in [0.2, 0.25) is 5.91 Å². The first kappa shape index (κ1) is 11.9. The van der Waals surface area contributed by atoms with E-state index in [-0.39, 0.29) is 5.91 Å². The van der Waals surface area contributed by atoms with Crippen molar-refractivity contribution in [1.82, 2.24) is 15.5 Å². The van der Waals surface area contributed by atoms with Crippen LogP contribution >= 0.6 is 0 Å². The van der Waals surface area contributed by atoms with Gasteiger partial charge in [-0.15, -0.1) is 0 Å². The second kappa shape index (κ2) is 6.21. The lowest BCUT2D eigenvalue weighted by Crippen LogP contribution is -2.37. The van der Waals surface area contributed by atoms with Crippen molar-refractivity contribution in [2.24, 2.45) is 0 Å². The molecule has 0 aromatic rings. The summed E-state index contributed by atoms with van der Waals surface area (Å²) in [6.45, 7) is 5.33. The molecule has 2 rings (SSSR count). The number of hydrogen-bond acceptors (Lipinski definition) is 3. The quantitative estimate of drug-likeness (QED) is 0.728. The van der Waals surface area contributed by atoms with Crippen molar-refractivity contribution >= 4 is 5.91 Å². The molecule has 0 bridgehead atoms. The number of nitrogens with zero attached hydrogens (tertiary/aromatic N) is 1. The van der Waals surface area contributed by atoms with Crippen molar-refractivity contribution < 1.29 is 4.79 Å². The molecule has 0 aliphatic carbocycles. The fraction of sp³-hybridized carbons (Fsp3) is 0.917. The molecule has 2 aliphatic heterocycles. The standard InChI is InChI=1S/C12H23N3O/c16-12-10-11(13-5-6-14-12)4-9-15-7-2-1-3-8-15/h11,13H,1-10H2,(H,14,16). The molecule has 1 atom stereocenters. The molecule has 4 nitrogen and oxygen atoms in total. The second-order valence-electron chi connectivity index (χ2n) is 4.90. The van der Waals surface area contributed by atoms with E-state index in [0.717, 1.165) is 26.1 Å². The summed E-state index contributed by atoms with van der Waals surface area (Å²) in [5.74, 6) is 0.202. The topological polar surface area (TPSA) is 44.4 Å². The number of carbonyl (C=O) groups excluding carboxylic acids is 1. The molecule has 0 aromatic heterocycles. The molecule has 1 amide bonds. The van der Waals surface area contributed by atoms with Crippen LogP contribution in [0.5, 0.6) is 0 Å². The Morgan fingerprint density at radius 2 is 2.00 bits per heavy atom. The summed E-state index contributed by atoms with van der Waals surface area (Å²) < 4.78 is 0. The summed E-state index contributed by atoms with van der Waals surface area (Å²) in [6.07, 6.45) is 5.83. The monoisotopic (exact) mass is 225 g/mol. The summed E-state index contributed by atoms with van der Waals surface area (Å²) in [6, 6.07) is 0.379. The Morgan fingerprint density at radius 3 is 2.81 bits per heavy atom. The molecule has 0 saturated carbocycles. The number of hydrogen-bond donors (Lipinski definition) is 2. The summed E-state index contributed by atoms with van der Waals surface area (Å²) >= 11 is 0. The van der Waals surface area contributed by atoms with Gasteiger partial charge in [-0.05, 0) is 38.9 Å². The van der Waals surface area contributed by atoms with Crippen LogP contribution in [0.15, 0.2) is 0 Å². The van der Waals surface area contributed by atoms with E-state index in [0.29, 0.717) is 12.5 Å². The molecule has 2 N–H and O–H groups in total. The average Bonchev–Trinajstić information content (AvgIpc) is 2.52. The minimum absolute atomic E-state index is 0.202. The van der Waals surface area contributed by atoms with Crippen molar-refractivity contribution in [3.8, 4) is 0 Å². The maximum Gasteiger partial charge on any atom is 0.221 e. The van der Waals surface area contributed by atoms with Gasteiger partial charge in [-0.25, -0.2) is 0 Å². The van der Waals surface area contributed by atoms with Crippen molar-refractivity contribution in [2.45, 2.75) is 38.1 Å². The SMILES string of the molecule is O=C1CC(CCN2CCCCC2)NCCN1. The number of nitrogens with one attached hydrogen (secondary N) is 2. The number of rotatable bonds is 3. The van der Waals surface area contributed by atoms with E-state index in [1.165, 1.54) is 32.4 Å². The van der Waals surface area contributed by atoms with E-state index >= 15 is 0 Å². The van der Waals surface area contributed by atoms with Gasteiger partial charge in [-0.1, -0.05) is 6.42 Å². The lowest BCUT2D eigenvalue weighted by atomic mass is 10.1. The number of amides is 1. The Bertz CT molecular complexity index is 226. The van der Waals surface area contributed by atoms with Gasteiger partial charge in [0.25, 0.3) is 0 Å². The molecule has 16 heavy (non-hydrogen) atoms. The highest BCUT2D eigenvalue weighted by molar-refractivity contribution is 5.76. The molecule has 1 unspecified atom stereocenters. The molecule has 0 aromatic carbocycles. The van der Waals surface area contributed by atoms with Crippen molar-refractivity contribution in [2.75, 3.05) is 32.7 Å². The highest BCUT2D eigenvalue weighted by atomic mass is 16.1. The lowest BCUT2D eigenvalue weighted by Gasteiger charge is -2.28. The van der Waals surface area contributed by atoms with E-state index < -0.39 is 0 Å². The zero-order valence-corrected chi connectivity index (χ0v) is 10.0. The van der Waals surface area contributed by atoms with Gasteiger partial charge in [0.1, 0.15) is 0 Å². The van der Waals surface area contributed by atoms with E-state index in [2.05, 4.69) is 15.5 Å². The predicted octanol–water partition coefficient (Wildman–Crippen LogP) is 0.341. The molecule has 2 heterocycles. The van der Waals surface area contributed by atoms with Crippen molar-refractivity contribution in [1.29, 1.82) is 0 Å². The van der Waals surface area contributed by atoms with Crippen LogP contribution in [0.25, 0.3) is 0 Å². The van der Waals surface area contributed by atoms with Crippen LogP contribution in [0.2, 0.25) is 0 Å². The van der Waals surface area contributed by atoms with Crippen LogP contribution in [-0.4, -0.2) is 49.6 Å². The van der Waals surface area contributed by atoms with Gasteiger partial charge in [0.05, 0.1) is 0 Å². The molecule has 4 heteroatoms. The first-order chi connectivity index (χ1) is 7.84. The van der Waals surface area contributed by atoms with E-state index in [1.807, 2.05) is 0 Å². The van der Waals surface area contributed by atoms with Crippen molar-refractivity contribution in [3.63, 3.8) is 0 Å². The highest BCUT2D eigenvalue weighted by Gasteiger charge is 2.18. The molecule has 2 aliphatic rings. The molecule has 0 spiro atoms. The summed E-state index contributed by atoms with van der Waals surface area (Å²) in [4.78, 5) is 13.9. The third-order valence-corrected chi connectivity index (χ3v) is 3.55. The molecule has 2 fully saturated rings. The normalized spacial score (nSPS) is 28.5. The largest absolute Gasteiger partial charge is 0.355 e. The zero-order chi connectivity index (χ0) is 11.2. The number of carbonyl (C=O) groups is 1. The predicted molar refractivity (Wildman–Crippen MR) is 64.3 cm³/mol. The Morgan fingerprint density at radius 1 is 1.19 bits per heavy atom. The van der Waals surface area contributed by atoms with E-state index in [9.17, 15) is 4.79 Å². The third-order valence-electron chi connectivity index (χ3n) is 3.55. The Balaban J connectivity index is 1.69. The third kappa shape index (κ3) is 3.76. The van der Waals surface area contributed by atoms with Gasteiger partial charge in [-0.3, -0.25) is 4.79 Å². The van der Waals surface area contributed by atoms with Gasteiger partial charge >= 0.3 is 0 Å². The molecule has 0 radical (unpaired) electrons. The van der Waals surface area contributed by atoms with E-state index in [1.54, 1.807) is 0 Å². The number of piperidine rings is 1. The minimum atomic E-state index is 0.202. The first-order valence-electron chi connectivity index (χ1n) is 6.57. The molecule has 92 valence electrons. The van der Waals surface area contributed by atoms with Crippen molar-refractivity contribution in [3.05, 3.63) is 0 Å². The number of likely N-dealkylation sites (tertiary alicyclic amines) is 1. The lowest BCUT2D eigenvalue weighted by molar-refractivity contribution is -0.121. The summed E-state index contributed by atoms with van der Waals surface area (Å²) in [5.41, 5.74) is 0. The summed E-state index contributed by atoms with van der Waals surface area (Å²) in [7, 11) is 0. The minimum Gasteiger partial charge on any atom is -0.355 e. The smallest absolute Gasteiger partial charge is 0.221 e. The van der Waals surface area contributed by atoms with Crippen LogP contribution in [0.1, 0.15) is 32.1 Å². The molecular weight excluding hydrogens is 202 g/mol.